The molecule has 0 saturated carbocycles. The van der Waals surface area contributed by atoms with Crippen LogP contribution >= 0.6 is 34.9 Å². The second kappa shape index (κ2) is 5.82. The number of hydrogen-bond acceptors (Lipinski definition) is 5. The molecule has 17 heavy (non-hydrogen) atoms. The summed E-state index contributed by atoms with van der Waals surface area (Å²) in [6.45, 7) is 1.97. The summed E-state index contributed by atoms with van der Waals surface area (Å²) in [6, 6.07) is 7.76. The normalized spacial score (nSPS) is 14.5. The number of rotatable bonds is 4. The van der Waals surface area contributed by atoms with Crippen LogP contribution in [0.5, 0.6) is 0 Å². The molecule has 0 aliphatic heterocycles. The number of hydrogen-bond donors (Lipinski definition) is 1. The molecule has 1 aromatic heterocycles. The van der Waals surface area contributed by atoms with Gasteiger partial charge in [-0.3, -0.25) is 0 Å². The van der Waals surface area contributed by atoms with Crippen molar-refractivity contribution >= 4 is 34.9 Å². The molecule has 2 unspecified atom stereocenters. The first-order chi connectivity index (χ1) is 8.18. The molecule has 2 aromatic rings. The maximum absolute atomic E-state index is 6.20. The zero-order valence-electron chi connectivity index (χ0n) is 9.21. The highest BCUT2D eigenvalue weighted by atomic mass is 35.5. The van der Waals surface area contributed by atoms with E-state index in [0.29, 0.717) is 0 Å². The lowest BCUT2D eigenvalue weighted by molar-refractivity contribution is 0.721. The van der Waals surface area contributed by atoms with Crippen LogP contribution in [-0.2, 0) is 0 Å². The lowest BCUT2D eigenvalue weighted by Gasteiger charge is -2.20. The number of nitrogens with zero attached hydrogens (tertiary/aromatic N) is 2. The third kappa shape index (κ3) is 3.19. The predicted octanol–water partition coefficient (Wildman–Crippen LogP) is 3.37. The number of nitrogens with two attached hydrogens (primary N) is 1. The molecule has 0 fully saturated rings. The highest BCUT2D eigenvalue weighted by molar-refractivity contribution is 8.01. The first-order valence-corrected chi connectivity index (χ1v) is 7.15. The van der Waals surface area contributed by atoms with Crippen LogP contribution in [0.4, 0.5) is 0 Å². The second-order valence-electron chi connectivity index (χ2n) is 3.63. The molecule has 0 aliphatic rings. The number of aromatic nitrogens is 2. The van der Waals surface area contributed by atoms with Crippen molar-refractivity contribution in [2.45, 2.75) is 22.6 Å². The first-order valence-electron chi connectivity index (χ1n) is 5.12. The Morgan fingerprint density at radius 3 is 2.76 bits per heavy atom. The minimum atomic E-state index is -0.0104. The van der Waals surface area contributed by atoms with Crippen LogP contribution in [0.25, 0.3) is 0 Å². The van der Waals surface area contributed by atoms with Crippen molar-refractivity contribution in [3.63, 3.8) is 0 Å². The van der Waals surface area contributed by atoms with Gasteiger partial charge < -0.3 is 5.73 Å². The minimum Gasteiger partial charge on any atom is -0.327 e. The average molecular weight is 286 g/mol. The summed E-state index contributed by atoms with van der Waals surface area (Å²) in [6.07, 6.45) is 1.55. The summed E-state index contributed by atoms with van der Waals surface area (Å²) >= 11 is 9.18. The van der Waals surface area contributed by atoms with Crippen LogP contribution in [-0.4, -0.2) is 15.4 Å². The van der Waals surface area contributed by atoms with Crippen LogP contribution in [0.3, 0.4) is 0 Å². The zero-order chi connectivity index (χ0) is 12.3. The Kier molecular flexibility index (Phi) is 4.39. The third-order valence-corrected chi connectivity index (χ3v) is 4.82. The standard InChI is InChI=1S/C11H12ClN3S2/c1-7(13)10(16-11-14-6-15-17-11)8-4-2-3-5-9(8)12/h2-7,10H,13H2,1H3. The van der Waals surface area contributed by atoms with E-state index in [1.807, 2.05) is 31.2 Å². The third-order valence-electron chi connectivity index (χ3n) is 2.26. The van der Waals surface area contributed by atoms with Gasteiger partial charge in [0.25, 0.3) is 0 Å². The van der Waals surface area contributed by atoms with Gasteiger partial charge in [-0.25, -0.2) is 4.98 Å². The molecule has 2 rings (SSSR count). The summed E-state index contributed by atoms with van der Waals surface area (Å²) in [5.41, 5.74) is 7.08. The lowest BCUT2D eigenvalue weighted by Crippen LogP contribution is -2.22. The second-order valence-corrected chi connectivity index (χ2v) is 6.20. The van der Waals surface area contributed by atoms with Crippen molar-refractivity contribution in [1.82, 2.24) is 9.36 Å². The van der Waals surface area contributed by atoms with Crippen molar-refractivity contribution in [1.29, 1.82) is 0 Å². The van der Waals surface area contributed by atoms with E-state index in [1.165, 1.54) is 11.5 Å². The van der Waals surface area contributed by atoms with Crippen molar-refractivity contribution < 1.29 is 0 Å². The van der Waals surface area contributed by atoms with Gasteiger partial charge in [-0.2, -0.15) is 4.37 Å². The van der Waals surface area contributed by atoms with Crippen LogP contribution in [0.1, 0.15) is 17.7 Å². The average Bonchev–Trinajstić information content (AvgIpc) is 2.79. The van der Waals surface area contributed by atoms with Crippen molar-refractivity contribution in [3.8, 4) is 0 Å². The summed E-state index contributed by atoms with van der Waals surface area (Å²) in [7, 11) is 0. The smallest absolute Gasteiger partial charge is 0.170 e. The molecule has 0 saturated heterocycles. The molecule has 0 spiro atoms. The summed E-state index contributed by atoms with van der Waals surface area (Å²) in [5.74, 6) is 0. The highest BCUT2D eigenvalue weighted by Gasteiger charge is 2.21. The molecule has 2 atom stereocenters. The molecular weight excluding hydrogens is 274 g/mol. The van der Waals surface area contributed by atoms with Gasteiger partial charge in [-0.1, -0.05) is 41.6 Å². The Bertz CT molecular complexity index is 473. The quantitative estimate of drug-likeness (QED) is 0.875. The maximum atomic E-state index is 6.20. The number of thioether (sulfide) groups is 1. The van der Waals surface area contributed by atoms with Gasteiger partial charge >= 0.3 is 0 Å². The van der Waals surface area contributed by atoms with Gasteiger partial charge in [0.15, 0.2) is 4.34 Å². The summed E-state index contributed by atoms with van der Waals surface area (Å²) in [4.78, 5) is 4.17. The van der Waals surface area contributed by atoms with E-state index in [9.17, 15) is 0 Å². The molecule has 2 N–H and O–H groups in total. The van der Waals surface area contributed by atoms with Gasteiger partial charge in [0.05, 0.1) is 5.25 Å². The molecule has 90 valence electrons. The fourth-order valence-electron chi connectivity index (χ4n) is 1.48. The summed E-state index contributed by atoms with van der Waals surface area (Å²) < 4.78 is 4.90. The molecule has 0 amide bonds. The highest BCUT2D eigenvalue weighted by Crippen LogP contribution is 2.40. The van der Waals surface area contributed by atoms with Gasteiger partial charge in [-0.15, -0.1) is 0 Å². The SMILES string of the molecule is CC(N)C(Sc1ncns1)c1ccccc1Cl. The topological polar surface area (TPSA) is 51.8 Å². The molecule has 0 bridgehead atoms. The van der Waals surface area contributed by atoms with Crippen molar-refractivity contribution in [3.05, 3.63) is 41.2 Å². The van der Waals surface area contributed by atoms with Gasteiger partial charge in [0.1, 0.15) is 6.33 Å². The van der Waals surface area contributed by atoms with E-state index in [2.05, 4.69) is 9.36 Å². The molecule has 0 radical (unpaired) electrons. The first kappa shape index (κ1) is 12.8. The van der Waals surface area contributed by atoms with Crippen LogP contribution in [0, 0.1) is 0 Å². The monoisotopic (exact) mass is 285 g/mol. The largest absolute Gasteiger partial charge is 0.327 e. The zero-order valence-corrected chi connectivity index (χ0v) is 11.6. The van der Waals surface area contributed by atoms with E-state index in [1.54, 1.807) is 18.1 Å². The van der Waals surface area contributed by atoms with Crippen molar-refractivity contribution in [2.75, 3.05) is 0 Å². The Morgan fingerprint density at radius 1 is 1.41 bits per heavy atom. The molecule has 1 heterocycles. The van der Waals surface area contributed by atoms with E-state index < -0.39 is 0 Å². The predicted molar refractivity (Wildman–Crippen MR) is 73.6 cm³/mol. The molecule has 0 aliphatic carbocycles. The van der Waals surface area contributed by atoms with Gasteiger partial charge in [0.2, 0.25) is 0 Å². The molecule has 6 heteroatoms. The van der Waals surface area contributed by atoms with E-state index in [-0.39, 0.29) is 11.3 Å². The number of benzene rings is 1. The van der Waals surface area contributed by atoms with Crippen molar-refractivity contribution in [2.24, 2.45) is 5.73 Å². The Labute approximate surface area is 114 Å². The Hall–Kier alpha value is -0.620. The fraction of sp³-hybridized carbons (Fsp3) is 0.273. The minimum absolute atomic E-state index is 0.0104. The van der Waals surface area contributed by atoms with E-state index in [0.717, 1.165) is 14.9 Å². The van der Waals surface area contributed by atoms with Crippen LogP contribution in [0.2, 0.25) is 5.02 Å². The Morgan fingerprint density at radius 2 is 2.18 bits per heavy atom. The number of halogens is 1. The van der Waals surface area contributed by atoms with Gasteiger partial charge in [-0.05, 0) is 30.1 Å². The van der Waals surface area contributed by atoms with E-state index in [4.69, 9.17) is 17.3 Å². The fourth-order valence-corrected chi connectivity index (χ4v) is 3.56. The molecule has 1 aromatic carbocycles. The molecule has 3 nitrogen and oxygen atoms in total. The van der Waals surface area contributed by atoms with Crippen LogP contribution < -0.4 is 5.73 Å². The Balaban J connectivity index is 2.27. The van der Waals surface area contributed by atoms with Crippen LogP contribution in [0.15, 0.2) is 34.9 Å². The maximum Gasteiger partial charge on any atom is 0.170 e. The lowest BCUT2D eigenvalue weighted by atomic mass is 10.1. The van der Waals surface area contributed by atoms with E-state index >= 15 is 0 Å². The molecular formula is C11H12ClN3S2. The van der Waals surface area contributed by atoms with Gasteiger partial charge in [0, 0.05) is 11.1 Å². The summed E-state index contributed by atoms with van der Waals surface area (Å²) in [5, 5.41) is 0.837.